The van der Waals surface area contributed by atoms with Crippen LogP contribution in [0.5, 0.6) is 23.0 Å². The van der Waals surface area contributed by atoms with E-state index in [-0.39, 0.29) is 0 Å². The molecule has 2 amide bonds. The maximum absolute atomic E-state index is 11.9. The highest BCUT2D eigenvalue weighted by atomic mass is 16.5. The number of nitrogens with zero attached hydrogens (tertiary/aromatic N) is 2. The third-order valence-corrected chi connectivity index (χ3v) is 3.94. The summed E-state index contributed by atoms with van der Waals surface area (Å²) in [7, 11) is 3.05. The Morgan fingerprint density at radius 2 is 1.16 bits per heavy atom. The lowest BCUT2D eigenvalue weighted by Crippen LogP contribution is -2.35. The molecule has 10 nitrogen and oxygen atoms in total. The molecule has 0 aliphatic heterocycles. The van der Waals surface area contributed by atoms with Crippen LogP contribution in [0.1, 0.15) is 25.0 Å². The summed E-state index contributed by atoms with van der Waals surface area (Å²) in [5, 5.41) is 7.53. The Bertz CT molecular complexity index is 911. The van der Waals surface area contributed by atoms with Crippen LogP contribution in [0.3, 0.4) is 0 Å². The van der Waals surface area contributed by atoms with Crippen molar-refractivity contribution in [3.8, 4) is 23.0 Å². The molecule has 0 aromatic heterocycles. The first-order valence-electron chi connectivity index (χ1n) is 9.80. The van der Waals surface area contributed by atoms with Crippen molar-refractivity contribution in [2.75, 3.05) is 27.4 Å². The van der Waals surface area contributed by atoms with Gasteiger partial charge < -0.3 is 18.9 Å². The molecule has 2 aromatic carbocycles. The molecule has 0 aliphatic rings. The Kier molecular flexibility index (Phi) is 9.51. The quantitative estimate of drug-likeness (QED) is 0.330. The highest BCUT2D eigenvalue weighted by Crippen LogP contribution is 2.28. The standard InChI is InChI=1S/C22H26N4O6/c1-5-31-17-9-7-15(11-19(17)29-3)13-23-25-21(27)22(28)26-24-14-16-8-10-18(32-6-2)20(12-16)30-4/h7-14H,5-6H2,1-4H3,(H,25,27)(H,26,28)/b23-13+,24-14+. The third kappa shape index (κ3) is 7.01. The molecule has 0 unspecified atom stereocenters. The van der Waals surface area contributed by atoms with E-state index in [1.807, 2.05) is 13.8 Å². The van der Waals surface area contributed by atoms with Gasteiger partial charge in [0.05, 0.1) is 39.9 Å². The molecule has 0 spiro atoms. The van der Waals surface area contributed by atoms with Crippen molar-refractivity contribution in [3.05, 3.63) is 47.5 Å². The number of hydrogen-bond donors (Lipinski definition) is 2. The van der Waals surface area contributed by atoms with Crippen molar-refractivity contribution < 1.29 is 28.5 Å². The second-order valence-corrected chi connectivity index (χ2v) is 6.08. The van der Waals surface area contributed by atoms with Gasteiger partial charge in [-0.25, -0.2) is 10.9 Å². The Hall–Kier alpha value is -4.08. The molecular weight excluding hydrogens is 416 g/mol. The van der Waals surface area contributed by atoms with Crippen LogP contribution < -0.4 is 29.8 Å². The van der Waals surface area contributed by atoms with Crippen molar-refractivity contribution in [1.82, 2.24) is 10.9 Å². The Balaban J connectivity index is 1.90. The van der Waals surface area contributed by atoms with E-state index in [4.69, 9.17) is 18.9 Å². The monoisotopic (exact) mass is 442 g/mol. The number of rotatable bonds is 10. The number of amides is 2. The van der Waals surface area contributed by atoms with E-state index in [0.717, 1.165) is 0 Å². The summed E-state index contributed by atoms with van der Waals surface area (Å²) in [6.45, 7) is 4.75. The van der Waals surface area contributed by atoms with E-state index >= 15 is 0 Å². The number of ether oxygens (including phenoxy) is 4. The zero-order chi connectivity index (χ0) is 23.3. The molecule has 2 aromatic rings. The zero-order valence-electron chi connectivity index (χ0n) is 18.4. The summed E-state index contributed by atoms with van der Waals surface area (Å²) < 4.78 is 21.4. The normalized spacial score (nSPS) is 10.8. The van der Waals surface area contributed by atoms with Gasteiger partial charge in [-0.05, 0) is 61.4 Å². The maximum Gasteiger partial charge on any atom is 0.331 e. The first kappa shape index (κ1) is 24.2. The van der Waals surface area contributed by atoms with E-state index < -0.39 is 11.8 Å². The molecular formula is C22H26N4O6. The molecule has 2 N–H and O–H groups in total. The van der Waals surface area contributed by atoms with Crippen molar-refractivity contribution in [3.63, 3.8) is 0 Å². The lowest BCUT2D eigenvalue weighted by atomic mass is 10.2. The van der Waals surface area contributed by atoms with Gasteiger partial charge in [0.1, 0.15) is 0 Å². The average molecular weight is 442 g/mol. The fraction of sp³-hybridized carbons (Fsp3) is 0.273. The average Bonchev–Trinajstić information content (AvgIpc) is 2.80. The smallest absolute Gasteiger partial charge is 0.331 e. The minimum Gasteiger partial charge on any atom is -0.493 e. The summed E-state index contributed by atoms with van der Waals surface area (Å²) in [6, 6.07) is 10.3. The van der Waals surface area contributed by atoms with E-state index in [9.17, 15) is 9.59 Å². The summed E-state index contributed by atoms with van der Waals surface area (Å²) >= 11 is 0. The Labute approximate surface area is 186 Å². The minimum atomic E-state index is -0.972. The second-order valence-electron chi connectivity index (χ2n) is 6.08. The molecule has 0 bridgehead atoms. The van der Waals surface area contributed by atoms with Crippen molar-refractivity contribution in [1.29, 1.82) is 0 Å². The minimum absolute atomic E-state index is 0.504. The van der Waals surface area contributed by atoms with Crippen LogP contribution in [-0.2, 0) is 9.59 Å². The van der Waals surface area contributed by atoms with Gasteiger partial charge in [0.2, 0.25) is 0 Å². The third-order valence-electron chi connectivity index (χ3n) is 3.94. The second kappa shape index (κ2) is 12.6. The van der Waals surface area contributed by atoms with Crippen LogP contribution >= 0.6 is 0 Å². The fourth-order valence-corrected chi connectivity index (χ4v) is 2.51. The van der Waals surface area contributed by atoms with Crippen molar-refractivity contribution in [2.24, 2.45) is 10.2 Å². The van der Waals surface area contributed by atoms with Crippen molar-refractivity contribution in [2.45, 2.75) is 13.8 Å². The van der Waals surface area contributed by atoms with Gasteiger partial charge in [-0.2, -0.15) is 10.2 Å². The van der Waals surface area contributed by atoms with Crippen LogP contribution in [-0.4, -0.2) is 51.7 Å². The van der Waals surface area contributed by atoms with Crippen molar-refractivity contribution >= 4 is 24.2 Å². The van der Waals surface area contributed by atoms with E-state index in [0.29, 0.717) is 47.3 Å². The van der Waals surface area contributed by atoms with E-state index in [1.165, 1.54) is 26.6 Å². The SMILES string of the molecule is CCOc1ccc(/C=N/NC(=O)C(=O)N/N=C/c2ccc(OCC)c(OC)c2)cc1OC. The molecule has 0 saturated carbocycles. The molecule has 0 heterocycles. The molecule has 0 atom stereocenters. The van der Waals surface area contributed by atoms with Gasteiger partial charge in [0, 0.05) is 0 Å². The lowest BCUT2D eigenvalue weighted by Gasteiger charge is -2.09. The molecule has 32 heavy (non-hydrogen) atoms. The van der Waals surface area contributed by atoms with Gasteiger partial charge in [-0.1, -0.05) is 0 Å². The number of methoxy groups -OCH3 is 2. The molecule has 10 heteroatoms. The largest absolute Gasteiger partial charge is 0.493 e. The fourth-order valence-electron chi connectivity index (χ4n) is 2.51. The number of benzene rings is 2. The van der Waals surface area contributed by atoms with Gasteiger partial charge >= 0.3 is 11.8 Å². The molecule has 2 rings (SSSR count). The summed E-state index contributed by atoms with van der Waals surface area (Å²) in [5.74, 6) is 0.304. The van der Waals surface area contributed by atoms with Gasteiger partial charge in [-0.15, -0.1) is 0 Å². The van der Waals surface area contributed by atoms with Gasteiger partial charge in [0.15, 0.2) is 23.0 Å². The van der Waals surface area contributed by atoms with Crippen LogP contribution in [0.4, 0.5) is 0 Å². The van der Waals surface area contributed by atoms with E-state index in [1.54, 1.807) is 36.4 Å². The topological polar surface area (TPSA) is 120 Å². The summed E-state index contributed by atoms with van der Waals surface area (Å²) in [4.78, 5) is 23.7. The molecule has 0 aliphatic carbocycles. The first-order valence-corrected chi connectivity index (χ1v) is 9.80. The number of hydrazone groups is 2. The maximum atomic E-state index is 11.9. The predicted molar refractivity (Wildman–Crippen MR) is 120 cm³/mol. The van der Waals surface area contributed by atoms with E-state index in [2.05, 4.69) is 21.1 Å². The van der Waals surface area contributed by atoms with Gasteiger partial charge in [-0.3, -0.25) is 9.59 Å². The molecule has 170 valence electrons. The summed E-state index contributed by atoms with van der Waals surface area (Å²) in [5.41, 5.74) is 5.56. The predicted octanol–water partition coefficient (Wildman–Crippen LogP) is 2.10. The van der Waals surface area contributed by atoms with Crippen LogP contribution in [0.25, 0.3) is 0 Å². The molecule has 0 saturated heterocycles. The van der Waals surface area contributed by atoms with Crippen LogP contribution in [0.15, 0.2) is 46.6 Å². The number of hydrogen-bond acceptors (Lipinski definition) is 8. The zero-order valence-corrected chi connectivity index (χ0v) is 18.4. The van der Waals surface area contributed by atoms with Crippen LogP contribution in [0, 0.1) is 0 Å². The Morgan fingerprint density at radius 3 is 1.50 bits per heavy atom. The van der Waals surface area contributed by atoms with Gasteiger partial charge in [0.25, 0.3) is 0 Å². The highest BCUT2D eigenvalue weighted by Gasteiger charge is 2.11. The highest BCUT2D eigenvalue weighted by molar-refractivity contribution is 6.35. The number of carbonyl (C=O) groups is 2. The number of carbonyl (C=O) groups excluding carboxylic acids is 2. The lowest BCUT2D eigenvalue weighted by molar-refractivity contribution is -0.139. The Morgan fingerprint density at radius 1 is 0.750 bits per heavy atom. The van der Waals surface area contributed by atoms with Crippen LogP contribution in [0.2, 0.25) is 0 Å². The molecule has 0 radical (unpaired) electrons. The number of nitrogens with one attached hydrogen (secondary N) is 2. The molecule has 0 fully saturated rings. The summed E-state index contributed by atoms with van der Waals surface area (Å²) in [6.07, 6.45) is 2.75. The first-order chi connectivity index (χ1) is 15.5.